The van der Waals surface area contributed by atoms with Gasteiger partial charge in [0.15, 0.2) is 0 Å². The van der Waals surface area contributed by atoms with E-state index in [1.165, 1.54) is 12.1 Å². The average Bonchev–Trinajstić information content (AvgIpc) is 2.12. The van der Waals surface area contributed by atoms with Gasteiger partial charge in [0.05, 0.1) is 12.9 Å². The molecule has 4 nitrogen and oxygen atoms in total. The van der Waals surface area contributed by atoms with E-state index in [2.05, 4.69) is 24.8 Å². The largest absolute Gasteiger partial charge is 0.573 e. The standard InChI is InChI=1S/C9H8BrF3O4S/c1-18(14,15)16-5-6-2-3-7(10)4-8(6)17-9(11,12)13/h2-4H,5H2,1H3. The zero-order valence-electron chi connectivity index (χ0n) is 8.99. The Morgan fingerprint density at radius 3 is 2.44 bits per heavy atom. The Balaban J connectivity index is 2.96. The van der Waals surface area contributed by atoms with Gasteiger partial charge in [-0.3, -0.25) is 4.18 Å². The van der Waals surface area contributed by atoms with Crippen LogP contribution in [-0.2, 0) is 20.9 Å². The first-order valence-corrected chi connectivity index (χ1v) is 7.06. The Morgan fingerprint density at radius 2 is 1.94 bits per heavy atom. The van der Waals surface area contributed by atoms with Crippen molar-refractivity contribution in [2.24, 2.45) is 0 Å². The molecule has 0 amide bonds. The van der Waals surface area contributed by atoms with Crippen LogP contribution in [0.15, 0.2) is 22.7 Å². The minimum absolute atomic E-state index is 0.0269. The summed E-state index contributed by atoms with van der Waals surface area (Å²) in [4.78, 5) is 0. The fourth-order valence-corrected chi connectivity index (χ4v) is 1.72. The van der Waals surface area contributed by atoms with Crippen LogP contribution in [0.25, 0.3) is 0 Å². The molecule has 0 bridgehead atoms. The number of hydrogen-bond acceptors (Lipinski definition) is 4. The molecule has 0 heterocycles. The molecule has 0 atom stereocenters. The topological polar surface area (TPSA) is 52.6 Å². The Morgan fingerprint density at radius 1 is 1.33 bits per heavy atom. The van der Waals surface area contributed by atoms with Gasteiger partial charge in [0.1, 0.15) is 5.75 Å². The molecule has 0 saturated heterocycles. The third-order valence-corrected chi connectivity index (χ3v) is 2.72. The van der Waals surface area contributed by atoms with Crippen LogP contribution in [-0.4, -0.2) is 21.0 Å². The monoisotopic (exact) mass is 348 g/mol. The first-order valence-electron chi connectivity index (χ1n) is 4.45. The van der Waals surface area contributed by atoms with E-state index < -0.39 is 28.8 Å². The second-order valence-electron chi connectivity index (χ2n) is 3.27. The maximum absolute atomic E-state index is 12.1. The number of benzene rings is 1. The Bertz CT molecular complexity index is 527. The SMILES string of the molecule is CS(=O)(=O)OCc1ccc(Br)cc1OC(F)(F)F. The van der Waals surface area contributed by atoms with Crippen LogP contribution in [0.3, 0.4) is 0 Å². The van der Waals surface area contributed by atoms with Gasteiger partial charge in [-0.15, -0.1) is 13.2 Å². The van der Waals surface area contributed by atoms with Gasteiger partial charge < -0.3 is 4.74 Å². The molecule has 0 saturated carbocycles. The van der Waals surface area contributed by atoms with Gasteiger partial charge in [-0.2, -0.15) is 8.42 Å². The summed E-state index contributed by atoms with van der Waals surface area (Å²) in [5.41, 5.74) is -0.0269. The van der Waals surface area contributed by atoms with Gasteiger partial charge in [0.2, 0.25) is 0 Å². The van der Waals surface area contributed by atoms with Crippen molar-refractivity contribution in [2.45, 2.75) is 13.0 Å². The zero-order chi connectivity index (χ0) is 14.0. The number of alkyl halides is 3. The van der Waals surface area contributed by atoms with Crippen LogP contribution < -0.4 is 4.74 Å². The Hall–Kier alpha value is -0.800. The van der Waals surface area contributed by atoms with Crippen molar-refractivity contribution < 1.29 is 30.5 Å². The molecule has 0 spiro atoms. The molecule has 0 N–H and O–H groups in total. The van der Waals surface area contributed by atoms with Crippen molar-refractivity contribution >= 4 is 26.0 Å². The molecule has 0 fully saturated rings. The van der Waals surface area contributed by atoms with Crippen LogP contribution >= 0.6 is 15.9 Å². The van der Waals surface area contributed by atoms with Crippen molar-refractivity contribution in [2.75, 3.05) is 6.26 Å². The molecule has 1 aromatic carbocycles. The first-order chi connectivity index (χ1) is 8.07. The van der Waals surface area contributed by atoms with E-state index in [1.807, 2.05) is 0 Å². The summed E-state index contributed by atoms with van der Waals surface area (Å²) in [6.45, 7) is -0.530. The predicted molar refractivity (Wildman–Crippen MR) is 60.5 cm³/mol. The van der Waals surface area contributed by atoms with Gasteiger partial charge in [-0.1, -0.05) is 22.0 Å². The van der Waals surface area contributed by atoms with Gasteiger partial charge in [-0.25, -0.2) is 0 Å². The normalized spacial score (nSPS) is 12.5. The van der Waals surface area contributed by atoms with Gasteiger partial charge in [0, 0.05) is 10.0 Å². The highest BCUT2D eigenvalue weighted by atomic mass is 79.9. The fraction of sp³-hybridized carbons (Fsp3) is 0.333. The minimum atomic E-state index is -4.86. The van der Waals surface area contributed by atoms with Crippen molar-refractivity contribution in [3.8, 4) is 5.75 Å². The first kappa shape index (κ1) is 15.3. The second-order valence-corrected chi connectivity index (χ2v) is 5.83. The minimum Gasteiger partial charge on any atom is -0.405 e. The predicted octanol–water partition coefficient (Wildman–Crippen LogP) is 2.82. The van der Waals surface area contributed by atoms with E-state index in [-0.39, 0.29) is 5.56 Å². The smallest absolute Gasteiger partial charge is 0.405 e. The maximum atomic E-state index is 12.1. The lowest BCUT2D eigenvalue weighted by molar-refractivity contribution is -0.275. The van der Waals surface area contributed by atoms with E-state index in [9.17, 15) is 21.6 Å². The van der Waals surface area contributed by atoms with E-state index in [1.54, 1.807) is 0 Å². The van der Waals surface area contributed by atoms with E-state index >= 15 is 0 Å². The van der Waals surface area contributed by atoms with E-state index in [0.717, 1.165) is 12.3 Å². The molecule has 1 rings (SSSR count). The summed E-state index contributed by atoms with van der Waals surface area (Å²) in [7, 11) is -3.74. The summed E-state index contributed by atoms with van der Waals surface area (Å²) in [6, 6.07) is 3.80. The summed E-state index contributed by atoms with van der Waals surface area (Å²) < 4.78 is 66.5. The molecule has 0 aliphatic rings. The lowest BCUT2D eigenvalue weighted by Gasteiger charge is -2.13. The molecule has 0 aliphatic carbocycles. The van der Waals surface area contributed by atoms with Gasteiger partial charge >= 0.3 is 6.36 Å². The van der Waals surface area contributed by atoms with Crippen LogP contribution in [0.1, 0.15) is 5.56 Å². The van der Waals surface area contributed by atoms with Crippen molar-refractivity contribution in [3.05, 3.63) is 28.2 Å². The average molecular weight is 349 g/mol. The number of halogens is 4. The fourth-order valence-electron chi connectivity index (χ4n) is 1.04. The summed E-state index contributed by atoms with van der Waals surface area (Å²) in [6.07, 6.45) is -4.06. The molecule has 0 aromatic heterocycles. The third-order valence-electron chi connectivity index (χ3n) is 1.68. The van der Waals surface area contributed by atoms with Gasteiger partial charge in [-0.05, 0) is 12.1 Å². The van der Waals surface area contributed by atoms with Gasteiger partial charge in [0.25, 0.3) is 10.1 Å². The molecule has 9 heteroatoms. The molecule has 0 unspecified atom stereocenters. The molecule has 1 aromatic rings. The lowest BCUT2D eigenvalue weighted by Crippen LogP contribution is -2.18. The van der Waals surface area contributed by atoms with Crippen LogP contribution in [0.5, 0.6) is 5.75 Å². The summed E-state index contributed by atoms with van der Waals surface area (Å²) in [5, 5.41) is 0. The molecule has 0 aliphatic heterocycles. The molecule has 18 heavy (non-hydrogen) atoms. The Kier molecular flexibility index (Phi) is 4.62. The number of rotatable bonds is 4. The number of hydrogen-bond donors (Lipinski definition) is 0. The highest BCUT2D eigenvalue weighted by Crippen LogP contribution is 2.30. The van der Waals surface area contributed by atoms with E-state index in [4.69, 9.17) is 0 Å². The quantitative estimate of drug-likeness (QED) is 0.785. The number of ether oxygens (including phenoxy) is 1. The lowest BCUT2D eigenvalue weighted by atomic mass is 10.2. The molecular weight excluding hydrogens is 341 g/mol. The highest BCUT2D eigenvalue weighted by Gasteiger charge is 2.32. The second kappa shape index (κ2) is 5.45. The van der Waals surface area contributed by atoms with Crippen molar-refractivity contribution in [1.82, 2.24) is 0 Å². The van der Waals surface area contributed by atoms with Crippen molar-refractivity contribution in [1.29, 1.82) is 0 Å². The van der Waals surface area contributed by atoms with E-state index in [0.29, 0.717) is 4.47 Å². The maximum Gasteiger partial charge on any atom is 0.573 e. The molecule has 102 valence electrons. The van der Waals surface area contributed by atoms with Crippen LogP contribution in [0.4, 0.5) is 13.2 Å². The third kappa shape index (κ3) is 5.69. The van der Waals surface area contributed by atoms with Crippen LogP contribution in [0.2, 0.25) is 0 Å². The van der Waals surface area contributed by atoms with Crippen LogP contribution in [0, 0.1) is 0 Å². The molecule has 0 radical (unpaired) electrons. The zero-order valence-corrected chi connectivity index (χ0v) is 11.4. The Labute approximate surface area is 110 Å². The van der Waals surface area contributed by atoms with Crippen molar-refractivity contribution in [3.63, 3.8) is 0 Å². The summed E-state index contributed by atoms with van der Waals surface area (Å²) >= 11 is 2.99. The molecular formula is C9H8BrF3O4S. The highest BCUT2D eigenvalue weighted by molar-refractivity contribution is 9.10. The summed E-state index contributed by atoms with van der Waals surface area (Å²) in [5.74, 6) is -0.513.